The van der Waals surface area contributed by atoms with Crippen molar-refractivity contribution < 1.29 is 14.4 Å². The van der Waals surface area contributed by atoms with E-state index < -0.39 is 5.91 Å². The van der Waals surface area contributed by atoms with Crippen LogP contribution in [0.4, 0.5) is 5.00 Å². The zero-order valence-corrected chi connectivity index (χ0v) is 18.0. The Hall–Kier alpha value is -3.45. The minimum absolute atomic E-state index is 0.0131. The summed E-state index contributed by atoms with van der Waals surface area (Å²) in [6, 6.07) is 17.5. The molecule has 0 saturated carbocycles. The Kier molecular flexibility index (Phi) is 5.86. The maximum Gasteiger partial charge on any atom is 0.256 e. The van der Waals surface area contributed by atoms with Crippen LogP contribution in [0.3, 0.4) is 0 Å². The second-order valence-electron chi connectivity index (χ2n) is 7.58. The number of nitrogens with zero attached hydrogens (tertiary/aromatic N) is 1. The monoisotopic (exact) mass is 433 g/mol. The number of carbonyl (C=O) groups is 3. The fraction of sp³-hybridized carbons (Fsp3) is 0.208. The molecule has 0 fully saturated rings. The molecule has 2 heterocycles. The molecule has 1 aliphatic heterocycles. The van der Waals surface area contributed by atoms with Crippen molar-refractivity contribution in [3.8, 4) is 0 Å². The molecule has 4 rings (SSSR count). The van der Waals surface area contributed by atoms with Crippen molar-refractivity contribution >= 4 is 34.1 Å². The lowest BCUT2D eigenvalue weighted by Crippen LogP contribution is -2.34. The van der Waals surface area contributed by atoms with Crippen molar-refractivity contribution in [2.45, 2.75) is 26.3 Å². The standard InChI is InChI=1S/C24H23N3O3S/c1-15(28)27-12-11-19-20(14-27)31-24(21(19)22(25)29)26-23(30)18-9-7-17(8-10-18)13-16-5-3-2-4-6-16/h2-10H,11-14H2,1H3,(H2,25,29)(H,26,30). The highest BCUT2D eigenvalue weighted by atomic mass is 32.1. The van der Waals surface area contributed by atoms with E-state index in [0.717, 1.165) is 22.4 Å². The molecule has 0 radical (unpaired) electrons. The van der Waals surface area contributed by atoms with Crippen LogP contribution < -0.4 is 11.1 Å². The van der Waals surface area contributed by atoms with Gasteiger partial charge in [0, 0.05) is 23.9 Å². The largest absolute Gasteiger partial charge is 0.365 e. The van der Waals surface area contributed by atoms with Gasteiger partial charge in [-0.25, -0.2) is 0 Å². The summed E-state index contributed by atoms with van der Waals surface area (Å²) < 4.78 is 0. The predicted molar refractivity (Wildman–Crippen MR) is 121 cm³/mol. The molecule has 7 heteroatoms. The second-order valence-corrected chi connectivity index (χ2v) is 8.68. The van der Waals surface area contributed by atoms with E-state index in [2.05, 4.69) is 17.4 Å². The van der Waals surface area contributed by atoms with Gasteiger partial charge in [0.1, 0.15) is 5.00 Å². The average molecular weight is 434 g/mol. The van der Waals surface area contributed by atoms with Crippen LogP contribution in [-0.2, 0) is 24.2 Å². The molecule has 3 aromatic rings. The Labute approximate surface area is 184 Å². The van der Waals surface area contributed by atoms with Crippen molar-refractivity contribution in [1.82, 2.24) is 4.90 Å². The molecule has 0 unspecified atom stereocenters. The van der Waals surface area contributed by atoms with Crippen molar-refractivity contribution in [2.24, 2.45) is 5.73 Å². The number of nitrogens with two attached hydrogens (primary N) is 1. The molecule has 1 aliphatic rings. The first-order valence-electron chi connectivity index (χ1n) is 10.1. The quantitative estimate of drug-likeness (QED) is 0.644. The Balaban J connectivity index is 1.52. The van der Waals surface area contributed by atoms with E-state index in [1.807, 2.05) is 30.3 Å². The van der Waals surface area contributed by atoms with Crippen LogP contribution in [0.5, 0.6) is 0 Å². The highest BCUT2D eigenvalue weighted by Gasteiger charge is 2.28. The molecule has 6 nitrogen and oxygen atoms in total. The molecule has 0 aliphatic carbocycles. The molecular weight excluding hydrogens is 410 g/mol. The zero-order chi connectivity index (χ0) is 22.0. The van der Waals surface area contributed by atoms with Gasteiger partial charge in [0.15, 0.2) is 0 Å². The van der Waals surface area contributed by atoms with E-state index in [1.165, 1.54) is 23.8 Å². The molecular formula is C24H23N3O3S. The van der Waals surface area contributed by atoms with Gasteiger partial charge >= 0.3 is 0 Å². The van der Waals surface area contributed by atoms with Gasteiger partial charge < -0.3 is 16.0 Å². The molecule has 0 bridgehead atoms. The molecule has 0 atom stereocenters. The topological polar surface area (TPSA) is 92.5 Å². The van der Waals surface area contributed by atoms with Crippen LogP contribution in [0.1, 0.15) is 49.2 Å². The zero-order valence-electron chi connectivity index (χ0n) is 17.2. The normalized spacial score (nSPS) is 12.9. The summed E-state index contributed by atoms with van der Waals surface area (Å²) in [7, 11) is 0. The van der Waals surface area contributed by atoms with Crippen LogP contribution in [0.15, 0.2) is 54.6 Å². The Morgan fingerprint density at radius 2 is 1.71 bits per heavy atom. The highest BCUT2D eigenvalue weighted by Crippen LogP contribution is 2.37. The van der Waals surface area contributed by atoms with Gasteiger partial charge in [-0.1, -0.05) is 42.5 Å². The lowest BCUT2D eigenvalue weighted by Gasteiger charge is -2.25. The first-order chi connectivity index (χ1) is 14.9. The summed E-state index contributed by atoms with van der Waals surface area (Å²) in [6.07, 6.45) is 1.34. The van der Waals surface area contributed by atoms with E-state index in [9.17, 15) is 14.4 Å². The smallest absolute Gasteiger partial charge is 0.256 e. The SMILES string of the molecule is CC(=O)N1CCc2c(sc(NC(=O)c3ccc(Cc4ccccc4)cc3)c2C(N)=O)C1. The Morgan fingerprint density at radius 3 is 2.35 bits per heavy atom. The number of nitrogens with one attached hydrogen (secondary N) is 1. The number of amides is 3. The van der Waals surface area contributed by atoms with E-state index in [0.29, 0.717) is 35.6 Å². The van der Waals surface area contributed by atoms with Gasteiger partial charge in [0.2, 0.25) is 5.91 Å². The van der Waals surface area contributed by atoms with E-state index in [1.54, 1.807) is 17.0 Å². The first-order valence-corrected chi connectivity index (χ1v) is 10.9. The summed E-state index contributed by atoms with van der Waals surface area (Å²) in [5.74, 6) is -0.876. The van der Waals surface area contributed by atoms with Crippen LogP contribution in [0.2, 0.25) is 0 Å². The number of carbonyl (C=O) groups excluding carboxylic acids is 3. The van der Waals surface area contributed by atoms with E-state index in [4.69, 9.17) is 5.73 Å². The van der Waals surface area contributed by atoms with Crippen LogP contribution in [-0.4, -0.2) is 29.2 Å². The third-order valence-electron chi connectivity index (χ3n) is 5.44. The minimum Gasteiger partial charge on any atom is -0.365 e. The molecule has 1 aromatic heterocycles. The summed E-state index contributed by atoms with van der Waals surface area (Å²) in [5.41, 5.74) is 9.63. The minimum atomic E-state index is -0.567. The third-order valence-corrected chi connectivity index (χ3v) is 6.58. The molecule has 3 N–H and O–H groups in total. The van der Waals surface area contributed by atoms with Crippen LogP contribution in [0.25, 0.3) is 0 Å². The van der Waals surface area contributed by atoms with Crippen LogP contribution >= 0.6 is 11.3 Å². The number of primary amides is 1. The average Bonchev–Trinajstić information content (AvgIpc) is 3.12. The second kappa shape index (κ2) is 8.73. The number of fused-ring (bicyclic) bond motifs is 1. The van der Waals surface area contributed by atoms with Gasteiger partial charge in [-0.2, -0.15) is 0 Å². The third kappa shape index (κ3) is 4.51. The summed E-state index contributed by atoms with van der Waals surface area (Å²) >= 11 is 1.31. The number of hydrogen-bond donors (Lipinski definition) is 2. The van der Waals surface area contributed by atoms with Crippen molar-refractivity contribution in [3.05, 3.63) is 87.3 Å². The van der Waals surface area contributed by atoms with Gasteiger partial charge in [0.05, 0.1) is 12.1 Å². The number of benzene rings is 2. The maximum atomic E-state index is 12.8. The molecule has 158 valence electrons. The van der Waals surface area contributed by atoms with Crippen molar-refractivity contribution in [3.63, 3.8) is 0 Å². The Morgan fingerprint density at radius 1 is 1.03 bits per heavy atom. The van der Waals surface area contributed by atoms with Gasteiger partial charge in [-0.05, 0) is 41.7 Å². The Bertz CT molecular complexity index is 1140. The van der Waals surface area contributed by atoms with Gasteiger partial charge in [0.25, 0.3) is 11.8 Å². The number of hydrogen-bond acceptors (Lipinski definition) is 4. The predicted octanol–water partition coefficient (Wildman–Crippen LogP) is 3.59. The molecule has 0 spiro atoms. The number of anilines is 1. The lowest BCUT2D eigenvalue weighted by atomic mass is 10.0. The molecule has 2 aromatic carbocycles. The fourth-order valence-electron chi connectivity index (χ4n) is 3.80. The summed E-state index contributed by atoms with van der Waals surface area (Å²) in [4.78, 5) is 39.3. The molecule has 3 amide bonds. The fourth-order valence-corrected chi connectivity index (χ4v) is 5.07. The molecule has 31 heavy (non-hydrogen) atoms. The summed E-state index contributed by atoms with van der Waals surface area (Å²) in [5, 5.41) is 3.30. The lowest BCUT2D eigenvalue weighted by molar-refractivity contribution is -0.129. The number of thiophene rings is 1. The van der Waals surface area contributed by atoms with Gasteiger partial charge in [-0.15, -0.1) is 11.3 Å². The maximum absolute atomic E-state index is 12.8. The molecule has 0 saturated heterocycles. The van der Waals surface area contributed by atoms with E-state index in [-0.39, 0.29) is 11.8 Å². The summed E-state index contributed by atoms with van der Waals surface area (Å²) in [6.45, 7) is 2.49. The van der Waals surface area contributed by atoms with Crippen molar-refractivity contribution in [1.29, 1.82) is 0 Å². The highest BCUT2D eigenvalue weighted by molar-refractivity contribution is 7.17. The first kappa shape index (κ1) is 20.8. The van der Waals surface area contributed by atoms with Crippen molar-refractivity contribution in [2.75, 3.05) is 11.9 Å². The number of rotatable bonds is 5. The van der Waals surface area contributed by atoms with Crippen LogP contribution in [0, 0.1) is 0 Å². The van der Waals surface area contributed by atoms with E-state index >= 15 is 0 Å². The van der Waals surface area contributed by atoms with Gasteiger partial charge in [-0.3, -0.25) is 14.4 Å².